The molecule has 0 saturated carbocycles. The topological polar surface area (TPSA) is 91.2 Å². The largest absolute Gasteiger partial charge is 0.477 e. The number of hydrogen-bond donors (Lipinski definition) is 2. The van der Waals surface area contributed by atoms with Gasteiger partial charge in [-0.1, -0.05) is 55.2 Å². The van der Waals surface area contributed by atoms with Crippen LogP contribution in [0.1, 0.15) is 58.7 Å². The molecule has 2 aliphatic heterocycles. The van der Waals surface area contributed by atoms with Crippen molar-refractivity contribution >= 4 is 57.9 Å². The summed E-state index contributed by atoms with van der Waals surface area (Å²) >= 11 is 13.8. The Morgan fingerprint density at radius 1 is 1.16 bits per heavy atom. The van der Waals surface area contributed by atoms with Gasteiger partial charge in [-0.25, -0.2) is 14.6 Å². The number of rotatable bonds is 5. The van der Waals surface area contributed by atoms with Gasteiger partial charge in [0.1, 0.15) is 16.0 Å². The molecule has 2 aliphatic rings. The van der Waals surface area contributed by atoms with Crippen LogP contribution in [-0.4, -0.2) is 32.8 Å². The summed E-state index contributed by atoms with van der Waals surface area (Å²) in [6.45, 7) is 11.3. The molecule has 0 unspecified atom stereocenters. The predicted octanol–water partition coefficient (Wildman–Crippen LogP) is 7.67. The lowest BCUT2D eigenvalue weighted by atomic mass is 9.81. The maximum Gasteiger partial charge on any atom is 0.412 e. The number of carboxylic acid groups (broad SMARTS) is 1. The highest BCUT2D eigenvalue weighted by Crippen LogP contribution is 2.56. The van der Waals surface area contributed by atoms with Crippen LogP contribution in [0, 0.1) is 5.92 Å². The Bertz CT molecular complexity index is 1320. The Labute approximate surface area is 230 Å². The van der Waals surface area contributed by atoms with Crippen molar-refractivity contribution in [3.63, 3.8) is 0 Å². The minimum atomic E-state index is -0.974. The number of nitrogens with one attached hydrogen (secondary N) is 1. The smallest absolute Gasteiger partial charge is 0.412 e. The zero-order valence-electron chi connectivity index (χ0n) is 21.4. The number of carbonyl (C=O) groups excluding carboxylic acids is 1. The van der Waals surface area contributed by atoms with Gasteiger partial charge in [0.25, 0.3) is 0 Å². The molecular weight excluding hydrogens is 533 g/mol. The second kappa shape index (κ2) is 9.89. The van der Waals surface area contributed by atoms with Crippen LogP contribution in [0.4, 0.5) is 10.5 Å². The summed E-state index contributed by atoms with van der Waals surface area (Å²) in [5.74, 6) is -1.03. The van der Waals surface area contributed by atoms with Crippen LogP contribution in [-0.2, 0) is 15.1 Å². The molecule has 2 N–H and O–H groups in total. The summed E-state index contributed by atoms with van der Waals surface area (Å²) < 4.78 is 5.40. The van der Waals surface area contributed by atoms with Crippen LogP contribution in [0.5, 0.6) is 0 Å². The van der Waals surface area contributed by atoms with E-state index >= 15 is 0 Å². The number of fused-ring (bicyclic) bond motifs is 1. The number of nitrogens with zero attached hydrogens (tertiary/aromatic N) is 2. The van der Waals surface area contributed by atoms with E-state index in [0.717, 1.165) is 22.9 Å². The standard InChI is InChI=1S/C27H29Cl2N3O4S/c1-14(2)20-21(23(33)34)37-24-31-27(6,22(32(20)24)15-7-10-17(28)11-8-15)16-9-12-18(29)19(13-16)30-25(35)36-26(3,4)5/h7-14,22H,1-6H3,(H,30,35)(H,33,34)/t22-,27+/m1/s1. The summed E-state index contributed by atoms with van der Waals surface area (Å²) in [6, 6.07) is 12.5. The van der Waals surface area contributed by atoms with Crippen LogP contribution in [0.15, 0.2) is 58.1 Å². The molecule has 2 atom stereocenters. The molecule has 0 aliphatic carbocycles. The highest BCUT2D eigenvalue weighted by Gasteiger charge is 2.53. The summed E-state index contributed by atoms with van der Waals surface area (Å²) in [5, 5.41) is 14.2. The van der Waals surface area contributed by atoms with E-state index in [4.69, 9.17) is 32.9 Å². The zero-order valence-corrected chi connectivity index (χ0v) is 23.8. The van der Waals surface area contributed by atoms with Gasteiger partial charge in [-0.3, -0.25) is 5.32 Å². The number of carbonyl (C=O) groups is 2. The van der Waals surface area contributed by atoms with Crippen LogP contribution < -0.4 is 5.32 Å². The number of halogens is 2. The molecule has 10 heteroatoms. The Balaban J connectivity index is 1.83. The lowest BCUT2D eigenvalue weighted by Crippen LogP contribution is -2.36. The van der Waals surface area contributed by atoms with Gasteiger partial charge in [0, 0.05) is 10.7 Å². The number of ether oxygens (including phenoxy) is 1. The molecular formula is C27H29Cl2N3O4S. The minimum absolute atomic E-state index is 0.0573. The average molecular weight is 563 g/mol. The van der Waals surface area contributed by atoms with E-state index in [-0.39, 0.29) is 16.9 Å². The number of allylic oxidation sites excluding steroid dienone is 1. The average Bonchev–Trinajstić information content (AvgIpc) is 3.27. The fourth-order valence-electron chi connectivity index (χ4n) is 4.63. The second-order valence-corrected chi connectivity index (χ2v) is 12.3. The monoisotopic (exact) mass is 561 g/mol. The van der Waals surface area contributed by atoms with Gasteiger partial charge in [-0.15, -0.1) is 0 Å². The lowest BCUT2D eigenvalue weighted by Gasteiger charge is -2.37. The number of amides is 1. The molecule has 7 nitrogen and oxygen atoms in total. The maximum absolute atomic E-state index is 12.5. The third kappa shape index (κ3) is 5.33. The molecule has 0 bridgehead atoms. The molecule has 2 aromatic rings. The van der Waals surface area contributed by atoms with Crippen LogP contribution in [0.25, 0.3) is 0 Å². The minimum Gasteiger partial charge on any atom is -0.477 e. The third-order valence-electron chi connectivity index (χ3n) is 6.12. The highest BCUT2D eigenvalue weighted by molar-refractivity contribution is 8.18. The number of amidine groups is 1. The van der Waals surface area contributed by atoms with E-state index in [1.807, 2.05) is 56.0 Å². The van der Waals surface area contributed by atoms with Gasteiger partial charge in [0.05, 0.1) is 16.8 Å². The Hall–Kier alpha value is -2.68. The summed E-state index contributed by atoms with van der Waals surface area (Å²) in [6.07, 6.45) is -0.615. The molecule has 0 fully saturated rings. The summed E-state index contributed by atoms with van der Waals surface area (Å²) in [5.41, 5.74) is 1.32. The molecule has 2 aromatic carbocycles. The fourth-order valence-corrected chi connectivity index (χ4v) is 6.16. The van der Waals surface area contributed by atoms with Gasteiger partial charge in [-0.05, 0) is 80.8 Å². The van der Waals surface area contributed by atoms with Crippen LogP contribution >= 0.6 is 35.0 Å². The second-order valence-electron chi connectivity index (χ2n) is 10.5. The van der Waals surface area contributed by atoms with Crippen LogP contribution in [0.3, 0.4) is 0 Å². The SMILES string of the molecule is CC(C)C1=C(C(=O)O)SC2=N[C@@](C)(c3ccc(Cl)c(NC(=O)OC(C)(C)C)c3)[C@@H](c3ccc(Cl)cc3)N21. The van der Waals surface area contributed by atoms with Crippen molar-refractivity contribution in [1.29, 1.82) is 0 Å². The molecule has 37 heavy (non-hydrogen) atoms. The van der Waals surface area contributed by atoms with Crippen molar-refractivity contribution in [3.05, 3.63) is 74.2 Å². The number of hydrogen-bond acceptors (Lipinski definition) is 6. The first-order valence-corrected chi connectivity index (χ1v) is 13.4. The van der Waals surface area contributed by atoms with Gasteiger partial charge < -0.3 is 14.7 Å². The maximum atomic E-state index is 12.5. The van der Waals surface area contributed by atoms with Gasteiger partial charge in [0.15, 0.2) is 5.17 Å². The molecule has 0 radical (unpaired) electrons. The van der Waals surface area contributed by atoms with E-state index in [2.05, 4.69) is 5.32 Å². The quantitative estimate of drug-likeness (QED) is 0.389. The molecule has 1 amide bonds. The summed E-state index contributed by atoms with van der Waals surface area (Å²) in [4.78, 5) is 32.0. The zero-order chi connectivity index (χ0) is 27.3. The highest BCUT2D eigenvalue weighted by atomic mass is 35.5. The van der Waals surface area contributed by atoms with E-state index < -0.39 is 23.2 Å². The van der Waals surface area contributed by atoms with E-state index in [1.165, 1.54) is 0 Å². The van der Waals surface area contributed by atoms with Crippen molar-refractivity contribution in [1.82, 2.24) is 4.90 Å². The Kier molecular flexibility index (Phi) is 7.31. The molecule has 0 saturated heterocycles. The fraction of sp³-hybridized carbons (Fsp3) is 0.370. The Morgan fingerprint density at radius 2 is 1.81 bits per heavy atom. The predicted molar refractivity (Wildman–Crippen MR) is 149 cm³/mol. The number of anilines is 1. The van der Waals surface area contributed by atoms with Crippen molar-refractivity contribution in [2.75, 3.05) is 5.32 Å². The van der Waals surface area contributed by atoms with Crippen molar-refractivity contribution in [2.24, 2.45) is 10.9 Å². The number of benzene rings is 2. The number of thioether (sulfide) groups is 1. The first-order chi connectivity index (χ1) is 17.2. The number of aliphatic imine (C=N–C) groups is 1. The van der Waals surface area contributed by atoms with E-state index in [1.54, 1.807) is 32.9 Å². The van der Waals surface area contributed by atoms with E-state index in [0.29, 0.717) is 26.6 Å². The van der Waals surface area contributed by atoms with E-state index in [9.17, 15) is 14.7 Å². The van der Waals surface area contributed by atoms with Gasteiger partial charge in [-0.2, -0.15) is 0 Å². The summed E-state index contributed by atoms with van der Waals surface area (Å²) in [7, 11) is 0. The number of aliphatic carboxylic acids is 1. The lowest BCUT2D eigenvalue weighted by molar-refractivity contribution is -0.131. The van der Waals surface area contributed by atoms with Gasteiger partial charge in [0.2, 0.25) is 0 Å². The third-order valence-corrected chi connectivity index (χ3v) is 7.76. The number of carboxylic acids is 1. The van der Waals surface area contributed by atoms with Crippen molar-refractivity contribution < 1.29 is 19.4 Å². The van der Waals surface area contributed by atoms with Crippen molar-refractivity contribution in [3.8, 4) is 0 Å². The Morgan fingerprint density at radius 3 is 2.38 bits per heavy atom. The molecule has 0 aromatic heterocycles. The molecule has 2 heterocycles. The van der Waals surface area contributed by atoms with Crippen molar-refractivity contribution in [2.45, 2.75) is 58.7 Å². The first-order valence-electron chi connectivity index (χ1n) is 11.8. The first kappa shape index (κ1) is 27.4. The molecule has 4 rings (SSSR count). The molecule has 196 valence electrons. The normalized spacial score (nSPS) is 21.3. The molecule has 0 spiro atoms. The van der Waals surface area contributed by atoms with Crippen LogP contribution in [0.2, 0.25) is 10.0 Å². The van der Waals surface area contributed by atoms with Gasteiger partial charge >= 0.3 is 12.1 Å².